The lowest BCUT2D eigenvalue weighted by Gasteiger charge is -2.44. The van der Waals surface area contributed by atoms with Gasteiger partial charge in [0.1, 0.15) is 0 Å². The Hall–Kier alpha value is -1.56. The van der Waals surface area contributed by atoms with Crippen molar-refractivity contribution >= 4 is 10.0 Å². The van der Waals surface area contributed by atoms with Gasteiger partial charge in [0.2, 0.25) is 0 Å². The Kier molecular flexibility index (Phi) is 8.61. The molecule has 0 unspecified atom stereocenters. The number of nitrogens with zero attached hydrogens (tertiary/aromatic N) is 1. The maximum atomic E-state index is 13.7. The van der Waals surface area contributed by atoms with Crippen molar-refractivity contribution in [2.45, 2.75) is 65.7 Å². The van der Waals surface area contributed by atoms with Crippen molar-refractivity contribution < 1.29 is 101 Å². The Morgan fingerprint density at radius 3 is 0.868 bits per heavy atom. The SMILES string of the molecule is CCN(C)S(=O)(=O)C(F)(F)C(F)(F)C(F)(F)C(F)(F)C(F)(F)C(F)(F)C(F)(F)C(F)(F)C(F)(F)C(F)(F)F. The molecule has 0 heterocycles. The molecule has 25 heteroatoms. The van der Waals surface area contributed by atoms with E-state index >= 15 is 0 Å². The molecule has 0 aromatic heterocycles. The van der Waals surface area contributed by atoms with Gasteiger partial charge in [-0.05, 0) is 0 Å². The molecule has 0 saturated carbocycles. The van der Waals surface area contributed by atoms with E-state index in [9.17, 15) is 101 Å². The Labute approximate surface area is 195 Å². The monoisotopic (exact) mass is 641 g/mol. The lowest BCUT2D eigenvalue weighted by molar-refractivity contribution is -0.472. The van der Waals surface area contributed by atoms with Crippen molar-refractivity contribution in [1.29, 1.82) is 0 Å². The minimum absolute atomic E-state index is 0.151. The van der Waals surface area contributed by atoms with Gasteiger partial charge in [-0.3, -0.25) is 0 Å². The highest BCUT2D eigenvalue weighted by atomic mass is 32.2. The maximum Gasteiger partial charge on any atom is 0.460 e. The maximum absolute atomic E-state index is 13.7. The van der Waals surface area contributed by atoms with Crippen LogP contribution in [0.3, 0.4) is 0 Å². The first-order valence-corrected chi connectivity index (χ1v) is 9.85. The minimum Gasteiger partial charge on any atom is -0.206 e. The van der Waals surface area contributed by atoms with Gasteiger partial charge in [0, 0.05) is 13.6 Å². The highest BCUT2D eigenvalue weighted by Gasteiger charge is 2.98. The zero-order valence-electron chi connectivity index (χ0n) is 17.3. The largest absolute Gasteiger partial charge is 0.460 e. The highest BCUT2D eigenvalue weighted by Crippen LogP contribution is 2.66. The first kappa shape index (κ1) is 36.4. The molecule has 0 bridgehead atoms. The minimum atomic E-state index is -9.32. The van der Waals surface area contributed by atoms with Gasteiger partial charge in [-0.2, -0.15) is 96.5 Å². The predicted octanol–water partition coefficient (Wildman–Crippen LogP) is 6.51. The van der Waals surface area contributed by atoms with Crippen LogP contribution in [-0.4, -0.2) is 85.1 Å². The molecule has 0 N–H and O–H groups in total. The standard InChI is InChI=1S/C13H8F21NO2S/c1-3-35(2)38(36,37)13(33,34)11(28,29)9(24,25)7(20,21)5(16,17)4(14,15)6(18,19)8(22,23)10(26,27)12(30,31)32/h3H2,1-2H3. The summed E-state index contributed by atoms with van der Waals surface area (Å²) in [5, 5.41) is -7.71. The van der Waals surface area contributed by atoms with Crippen LogP contribution >= 0.6 is 0 Å². The summed E-state index contributed by atoms with van der Waals surface area (Å²) in [5.41, 5.74) is 0. The van der Waals surface area contributed by atoms with E-state index in [-0.39, 0.29) is 7.05 Å². The van der Waals surface area contributed by atoms with E-state index in [4.69, 9.17) is 0 Å². The average molecular weight is 641 g/mol. The quantitative estimate of drug-likeness (QED) is 0.242. The summed E-state index contributed by atoms with van der Waals surface area (Å²) < 4.78 is 299. The molecule has 0 aromatic rings. The van der Waals surface area contributed by atoms with E-state index in [1.54, 1.807) is 0 Å². The van der Waals surface area contributed by atoms with Crippen molar-refractivity contribution in [3.8, 4) is 0 Å². The van der Waals surface area contributed by atoms with Crippen molar-refractivity contribution in [1.82, 2.24) is 4.31 Å². The summed E-state index contributed by atoms with van der Waals surface area (Å²) in [7, 11) is -7.50. The van der Waals surface area contributed by atoms with Gasteiger partial charge < -0.3 is 0 Å². The van der Waals surface area contributed by atoms with Crippen LogP contribution in [-0.2, 0) is 10.0 Å². The molecule has 0 atom stereocenters. The van der Waals surface area contributed by atoms with Crippen LogP contribution in [0.25, 0.3) is 0 Å². The average Bonchev–Trinajstić information content (AvgIpc) is 2.70. The van der Waals surface area contributed by atoms with Crippen molar-refractivity contribution in [3.05, 3.63) is 0 Å². The Balaban J connectivity index is 7.28. The third-order valence-electron chi connectivity index (χ3n) is 4.66. The first-order chi connectivity index (χ1) is 16.0. The van der Waals surface area contributed by atoms with Crippen molar-refractivity contribution in [2.75, 3.05) is 13.6 Å². The molecule has 0 rings (SSSR count). The number of hydrogen-bond acceptors (Lipinski definition) is 2. The van der Waals surface area contributed by atoms with Crippen LogP contribution < -0.4 is 0 Å². The van der Waals surface area contributed by atoms with Crippen molar-refractivity contribution in [2.24, 2.45) is 0 Å². The van der Waals surface area contributed by atoms with Gasteiger partial charge in [0.25, 0.3) is 10.0 Å². The summed E-state index contributed by atoms with van der Waals surface area (Å²) in [6, 6.07) is 0. The van der Waals surface area contributed by atoms with Crippen molar-refractivity contribution in [3.63, 3.8) is 0 Å². The first-order valence-electron chi connectivity index (χ1n) is 8.41. The van der Waals surface area contributed by atoms with E-state index in [2.05, 4.69) is 0 Å². The lowest BCUT2D eigenvalue weighted by atomic mass is 9.87. The van der Waals surface area contributed by atoms with Gasteiger partial charge in [-0.1, -0.05) is 6.92 Å². The zero-order valence-corrected chi connectivity index (χ0v) is 18.1. The molecule has 0 aliphatic carbocycles. The van der Waals surface area contributed by atoms with Gasteiger partial charge in [-0.15, -0.1) is 0 Å². The highest BCUT2D eigenvalue weighted by molar-refractivity contribution is 7.90. The predicted molar refractivity (Wildman–Crippen MR) is 77.8 cm³/mol. The molecular weight excluding hydrogens is 633 g/mol. The molecule has 0 aromatic carbocycles. The van der Waals surface area contributed by atoms with E-state index in [1.807, 2.05) is 0 Å². The normalized spacial score (nSPS) is 16.8. The second-order valence-electron chi connectivity index (χ2n) is 7.03. The van der Waals surface area contributed by atoms with E-state index in [1.165, 1.54) is 0 Å². The third kappa shape index (κ3) is 4.14. The number of halogens is 21. The van der Waals surface area contributed by atoms with E-state index in [0.29, 0.717) is 6.92 Å². The van der Waals surface area contributed by atoms with Crippen LogP contribution in [0.1, 0.15) is 6.92 Å². The summed E-state index contributed by atoms with van der Waals surface area (Å²) in [4.78, 5) is 0. The Morgan fingerprint density at radius 1 is 0.447 bits per heavy atom. The van der Waals surface area contributed by atoms with E-state index in [0.717, 1.165) is 0 Å². The topological polar surface area (TPSA) is 37.4 Å². The Morgan fingerprint density at radius 2 is 0.658 bits per heavy atom. The zero-order chi connectivity index (χ0) is 31.8. The molecule has 0 amide bonds. The van der Waals surface area contributed by atoms with Gasteiger partial charge >= 0.3 is 58.8 Å². The van der Waals surface area contributed by atoms with Crippen LogP contribution in [0.2, 0.25) is 0 Å². The van der Waals surface area contributed by atoms with Crippen LogP contribution in [0.4, 0.5) is 92.2 Å². The summed E-state index contributed by atoms with van der Waals surface area (Å²) in [6.07, 6.45) is -8.06. The molecule has 0 aliphatic heterocycles. The third-order valence-corrected chi connectivity index (χ3v) is 6.64. The molecular formula is C13H8F21NO2S. The molecule has 0 spiro atoms. The van der Waals surface area contributed by atoms with Crippen LogP contribution in [0.15, 0.2) is 0 Å². The summed E-state index contributed by atoms with van der Waals surface area (Å²) in [6.45, 7) is -0.912. The molecule has 0 fully saturated rings. The van der Waals surface area contributed by atoms with E-state index < -0.39 is 79.7 Å². The summed E-state index contributed by atoms with van der Waals surface area (Å²) in [5.74, 6) is -72.0. The number of alkyl halides is 21. The fraction of sp³-hybridized carbons (Fsp3) is 1.00. The van der Waals surface area contributed by atoms with Gasteiger partial charge in [0.05, 0.1) is 0 Å². The summed E-state index contributed by atoms with van der Waals surface area (Å²) >= 11 is 0. The number of hydrogen-bond donors (Lipinski definition) is 0. The van der Waals surface area contributed by atoms with Crippen LogP contribution in [0, 0.1) is 0 Å². The molecule has 38 heavy (non-hydrogen) atoms. The van der Waals surface area contributed by atoms with Gasteiger partial charge in [-0.25, -0.2) is 8.42 Å². The molecule has 3 nitrogen and oxygen atoms in total. The van der Waals surface area contributed by atoms with Crippen LogP contribution in [0.5, 0.6) is 0 Å². The second kappa shape index (κ2) is 8.97. The smallest absolute Gasteiger partial charge is 0.206 e. The van der Waals surface area contributed by atoms with Gasteiger partial charge in [0.15, 0.2) is 0 Å². The molecule has 0 aliphatic rings. The lowest BCUT2D eigenvalue weighted by Crippen LogP contribution is -2.77. The fourth-order valence-electron chi connectivity index (χ4n) is 2.07. The second-order valence-corrected chi connectivity index (χ2v) is 9.12. The number of sulfonamides is 1. The Bertz CT molecular complexity index is 982. The molecule has 0 radical (unpaired) electrons. The fourth-order valence-corrected chi connectivity index (χ4v) is 3.25. The molecule has 230 valence electrons. The number of rotatable bonds is 11. The molecule has 0 saturated heterocycles.